The number of aliphatic hydroxyl groups excluding tert-OH is 1. The molecule has 1 aromatic carbocycles. The molecule has 3 aliphatic rings. The van der Waals surface area contributed by atoms with Crippen molar-refractivity contribution in [2.45, 2.75) is 51.7 Å². The van der Waals surface area contributed by atoms with Crippen molar-refractivity contribution in [2.75, 3.05) is 0 Å². The van der Waals surface area contributed by atoms with E-state index in [1.807, 2.05) is 24.3 Å². The lowest BCUT2D eigenvalue weighted by molar-refractivity contribution is -0.153. The SMILES string of the molecule is CC(=O)N1C(O)/C(=C/OC2OC(=O)C(C)=C2C)C2c3ccccc3CC21. The fourth-order valence-electron chi connectivity index (χ4n) is 4.16. The van der Waals surface area contributed by atoms with Gasteiger partial charge in [0, 0.05) is 35.6 Å². The van der Waals surface area contributed by atoms with E-state index in [2.05, 4.69) is 0 Å². The normalized spacial score (nSPS) is 31.3. The Bertz CT molecular complexity index is 856. The van der Waals surface area contributed by atoms with Gasteiger partial charge in [0.1, 0.15) is 0 Å². The molecule has 0 bridgehead atoms. The van der Waals surface area contributed by atoms with Crippen LogP contribution in [0, 0.1) is 0 Å². The number of benzene rings is 1. The first-order valence-corrected chi connectivity index (χ1v) is 8.68. The molecule has 26 heavy (non-hydrogen) atoms. The second kappa shape index (κ2) is 5.99. The largest absolute Gasteiger partial charge is 0.458 e. The number of hydrogen-bond acceptors (Lipinski definition) is 5. The van der Waals surface area contributed by atoms with E-state index in [1.165, 1.54) is 23.6 Å². The summed E-state index contributed by atoms with van der Waals surface area (Å²) in [5, 5.41) is 10.7. The van der Waals surface area contributed by atoms with Gasteiger partial charge in [-0.25, -0.2) is 4.79 Å². The van der Waals surface area contributed by atoms with Gasteiger partial charge >= 0.3 is 5.97 Å². The van der Waals surface area contributed by atoms with Crippen LogP contribution in [0.2, 0.25) is 0 Å². The Kier molecular flexibility index (Phi) is 3.88. The fourth-order valence-corrected chi connectivity index (χ4v) is 4.16. The minimum absolute atomic E-state index is 0.118. The monoisotopic (exact) mass is 355 g/mol. The molecule has 1 fully saturated rings. The minimum atomic E-state index is -1.04. The van der Waals surface area contributed by atoms with Gasteiger partial charge in [-0.1, -0.05) is 24.3 Å². The molecule has 2 heterocycles. The number of hydrogen-bond donors (Lipinski definition) is 1. The predicted molar refractivity (Wildman–Crippen MR) is 92.6 cm³/mol. The van der Waals surface area contributed by atoms with E-state index in [4.69, 9.17) is 9.47 Å². The zero-order chi connectivity index (χ0) is 18.6. The maximum absolute atomic E-state index is 12.1. The summed E-state index contributed by atoms with van der Waals surface area (Å²) in [5.41, 5.74) is 4.14. The summed E-state index contributed by atoms with van der Waals surface area (Å²) in [6, 6.07) is 7.88. The number of ether oxygens (including phenoxy) is 2. The third kappa shape index (κ3) is 2.36. The number of carbonyl (C=O) groups is 2. The van der Waals surface area contributed by atoms with E-state index in [-0.39, 0.29) is 17.9 Å². The second-order valence-corrected chi connectivity index (χ2v) is 7.05. The Hall–Kier alpha value is -2.60. The van der Waals surface area contributed by atoms with Gasteiger partial charge in [0.2, 0.25) is 5.91 Å². The van der Waals surface area contributed by atoms with E-state index < -0.39 is 18.5 Å². The van der Waals surface area contributed by atoms with Crippen LogP contribution in [-0.2, 0) is 25.5 Å². The van der Waals surface area contributed by atoms with Crippen LogP contribution in [-0.4, -0.2) is 40.4 Å². The van der Waals surface area contributed by atoms with Crippen molar-refractivity contribution in [3.05, 3.63) is 58.4 Å². The fraction of sp³-hybridized carbons (Fsp3) is 0.400. The number of rotatable bonds is 2. The third-order valence-corrected chi connectivity index (χ3v) is 5.64. The van der Waals surface area contributed by atoms with Gasteiger partial charge in [0.25, 0.3) is 6.29 Å². The van der Waals surface area contributed by atoms with Crippen molar-refractivity contribution < 1.29 is 24.2 Å². The first-order chi connectivity index (χ1) is 12.4. The molecule has 1 amide bonds. The lowest BCUT2D eigenvalue weighted by atomic mass is 9.94. The van der Waals surface area contributed by atoms with E-state index in [0.29, 0.717) is 23.1 Å². The number of aliphatic hydroxyl groups is 1. The summed E-state index contributed by atoms with van der Waals surface area (Å²) in [6.07, 6.45) is 0.334. The molecule has 6 heteroatoms. The van der Waals surface area contributed by atoms with Crippen LogP contribution in [0.1, 0.15) is 37.8 Å². The highest BCUT2D eigenvalue weighted by Gasteiger charge is 2.50. The Morgan fingerprint density at radius 1 is 1.35 bits per heavy atom. The van der Waals surface area contributed by atoms with Crippen LogP contribution in [0.15, 0.2) is 47.2 Å². The van der Waals surface area contributed by atoms with Crippen LogP contribution in [0.25, 0.3) is 0 Å². The van der Waals surface area contributed by atoms with Gasteiger partial charge in [-0.3, -0.25) is 4.79 Å². The Labute approximate surface area is 151 Å². The summed E-state index contributed by atoms with van der Waals surface area (Å²) < 4.78 is 10.9. The molecule has 0 radical (unpaired) electrons. The standard InChI is InChI=1S/C20H21NO5/c1-10-11(2)20(26-19(10)24)25-9-15-17-14-7-5-4-6-13(14)8-16(17)21(12(3)22)18(15)23/h4-7,9,16-18,20,23H,8H2,1-3H3/b15-9+. The average Bonchev–Trinajstić information content (AvgIpc) is 3.18. The smallest absolute Gasteiger partial charge is 0.337 e. The van der Waals surface area contributed by atoms with Gasteiger partial charge < -0.3 is 19.5 Å². The topological polar surface area (TPSA) is 76.1 Å². The summed E-state index contributed by atoms with van der Waals surface area (Å²) in [5.74, 6) is -0.692. The van der Waals surface area contributed by atoms with Crippen molar-refractivity contribution in [3.8, 4) is 0 Å². The molecular weight excluding hydrogens is 334 g/mol. The maximum atomic E-state index is 12.1. The van der Waals surface area contributed by atoms with Crippen LogP contribution in [0.4, 0.5) is 0 Å². The van der Waals surface area contributed by atoms with E-state index in [1.54, 1.807) is 13.8 Å². The molecule has 1 aromatic rings. The molecule has 1 saturated heterocycles. The quantitative estimate of drug-likeness (QED) is 0.649. The van der Waals surface area contributed by atoms with Crippen LogP contribution in [0.5, 0.6) is 0 Å². The van der Waals surface area contributed by atoms with Crippen molar-refractivity contribution >= 4 is 11.9 Å². The summed E-state index contributed by atoms with van der Waals surface area (Å²) >= 11 is 0. The maximum Gasteiger partial charge on any atom is 0.337 e. The van der Waals surface area contributed by atoms with Crippen molar-refractivity contribution in [1.82, 2.24) is 4.90 Å². The highest BCUT2D eigenvalue weighted by molar-refractivity contribution is 5.91. The van der Waals surface area contributed by atoms with Crippen LogP contribution in [0.3, 0.4) is 0 Å². The highest BCUT2D eigenvalue weighted by Crippen LogP contribution is 2.48. The molecule has 1 N–H and O–H groups in total. The molecule has 0 aromatic heterocycles. The lowest BCUT2D eigenvalue weighted by Crippen LogP contribution is -2.40. The van der Waals surface area contributed by atoms with Gasteiger partial charge in [0.15, 0.2) is 6.23 Å². The molecule has 4 atom stereocenters. The molecule has 4 unspecified atom stereocenters. The summed E-state index contributed by atoms with van der Waals surface area (Å²) in [6.45, 7) is 4.94. The molecular formula is C20H21NO5. The number of amides is 1. The Balaban J connectivity index is 1.68. The number of esters is 1. The van der Waals surface area contributed by atoms with Crippen molar-refractivity contribution in [1.29, 1.82) is 0 Å². The zero-order valence-electron chi connectivity index (χ0n) is 14.9. The first-order valence-electron chi connectivity index (χ1n) is 8.68. The molecule has 6 nitrogen and oxygen atoms in total. The number of cyclic esters (lactones) is 1. The summed E-state index contributed by atoms with van der Waals surface area (Å²) in [7, 11) is 0. The average molecular weight is 355 g/mol. The Morgan fingerprint density at radius 3 is 2.73 bits per heavy atom. The molecule has 2 aliphatic heterocycles. The third-order valence-electron chi connectivity index (χ3n) is 5.64. The predicted octanol–water partition coefficient (Wildman–Crippen LogP) is 2.00. The van der Waals surface area contributed by atoms with Crippen LogP contribution < -0.4 is 0 Å². The van der Waals surface area contributed by atoms with E-state index in [9.17, 15) is 14.7 Å². The highest BCUT2D eigenvalue weighted by atomic mass is 16.7. The first kappa shape index (κ1) is 16.8. The van der Waals surface area contributed by atoms with Gasteiger partial charge in [-0.05, 0) is 31.4 Å². The van der Waals surface area contributed by atoms with Crippen LogP contribution >= 0.6 is 0 Å². The number of carbonyl (C=O) groups excluding carboxylic acids is 2. The molecule has 0 spiro atoms. The van der Waals surface area contributed by atoms with Crippen molar-refractivity contribution in [2.24, 2.45) is 0 Å². The Morgan fingerprint density at radius 2 is 2.08 bits per heavy atom. The van der Waals surface area contributed by atoms with E-state index in [0.717, 1.165) is 5.56 Å². The second-order valence-electron chi connectivity index (χ2n) is 7.05. The minimum Gasteiger partial charge on any atom is -0.458 e. The van der Waals surface area contributed by atoms with Crippen molar-refractivity contribution in [3.63, 3.8) is 0 Å². The molecule has 136 valence electrons. The summed E-state index contributed by atoms with van der Waals surface area (Å²) in [4.78, 5) is 25.3. The van der Waals surface area contributed by atoms with E-state index >= 15 is 0 Å². The number of fused-ring (bicyclic) bond motifs is 3. The number of likely N-dealkylation sites (tertiary alicyclic amines) is 1. The van der Waals surface area contributed by atoms with Gasteiger partial charge in [0.05, 0.1) is 6.26 Å². The molecule has 0 saturated carbocycles. The number of nitrogens with zero attached hydrogens (tertiary/aromatic N) is 1. The lowest BCUT2D eigenvalue weighted by Gasteiger charge is -2.24. The molecule has 4 rings (SSSR count). The zero-order valence-corrected chi connectivity index (χ0v) is 14.9. The molecule has 1 aliphatic carbocycles. The van der Waals surface area contributed by atoms with Gasteiger partial charge in [-0.2, -0.15) is 0 Å². The van der Waals surface area contributed by atoms with Gasteiger partial charge in [-0.15, -0.1) is 0 Å².